The molecule has 8 nitrogen and oxygen atoms in total. The normalized spacial score (nSPS) is 17.6. The molecule has 2 rings (SSSR count). The van der Waals surface area contributed by atoms with Gasteiger partial charge in [0.05, 0.1) is 20.6 Å². The minimum Gasteiger partial charge on any atom is -0.493 e. The Morgan fingerprint density at radius 1 is 1.43 bits per heavy atom. The zero-order valence-corrected chi connectivity index (χ0v) is 13.3. The maximum absolute atomic E-state index is 11.5. The molecule has 1 aromatic carbocycles. The highest BCUT2D eigenvalue weighted by atomic mass is 32.2. The predicted molar refractivity (Wildman–Crippen MR) is 86.3 cm³/mol. The molecule has 1 aliphatic heterocycles. The number of aliphatic carboxylic acids is 1. The Balaban J connectivity index is 2.11. The van der Waals surface area contributed by atoms with Crippen LogP contribution in [0, 0.1) is 0 Å². The average molecular weight is 337 g/mol. The first-order chi connectivity index (χ1) is 11.0. The number of thioether (sulfide) groups is 1. The van der Waals surface area contributed by atoms with E-state index in [1.807, 2.05) is 0 Å². The van der Waals surface area contributed by atoms with Crippen LogP contribution in [-0.4, -0.2) is 47.8 Å². The number of carbonyl (C=O) groups excluding carboxylic acids is 1. The van der Waals surface area contributed by atoms with E-state index in [4.69, 9.17) is 14.6 Å². The maximum atomic E-state index is 11.5. The number of amidine groups is 1. The van der Waals surface area contributed by atoms with Gasteiger partial charge in [-0.2, -0.15) is 0 Å². The van der Waals surface area contributed by atoms with Crippen LogP contribution in [0.25, 0.3) is 0 Å². The third-order valence-electron chi connectivity index (χ3n) is 2.89. The largest absolute Gasteiger partial charge is 0.493 e. The predicted octanol–water partition coefficient (Wildman–Crippen LogP) is 1.10. The number of carboxylic acids is 1. The Morgan fingerprint density at radius 2 is 2.17 bits per heavy atom. The molecular formula is C14H15N3O5S. The van der Waals surface area contributed by atoms with Crippen LogP contribution in [0.1, 0.15) is 12.0 Å². The molecule has 0 aromatic heterocycles. The van der Waals surface area contributed by atoms with Gasteiger partial charge in [0.25, 0.3) is 5.91 Å². The standard InChI is InChI=1S/C14H15N3O5S/c1-21-9-4-3-8(5-10(9)22-2)7-15-14-17-16-13(20)11(23-14)6-12(18)19/h3-5,7,11H,6H2,1-2H3,(H,16,20)(H,18,19)/t11-/m1/s1. The van der Waals surface area contributed by atoms with Gasteiger partial charge in [0.1, 0.15) is 5.25 Å². The average Bonchev–Trinajstić information content (AvgIpc) is 2.54. The lowest BCUT2D eigenvalue weighted by Gasteiger charge is -2.16. The molecule has 0 aliphatic carbocycles. The zero-order chi connectivity index (χ0) is 16.8. The number of ether oxygens (including phenoxy) is 2. The Hall–Kier alpha value is -2.55. The molecule has 1 aromatic rings. The van der Waals surface area contributed by atoms with Crippen molar-refractivity contribution < 1.29 is 24.2 Å². The van der Waals surface area contributed by atoms with Gasteiger partial charge < -0.3 is 14.6 Å². The van der Waals surface area contributed by atoms with Crippen LogP contribution in [0.15, 0.2) is 28.3 Å². The fourth-order valence-corrected chi connectivity index (χ4v) is 2.65. The Kier molecular flexibility index (Phi) is 5.58. The summed E-state index contributed by atoms with van der Waals surface area (Å²) in [6.45, 7) is 0. The molecule has 0 saturated carbocycles. The monoisotopic (exact) mass is 337 g/mol. The summed E-state index contributed by atoms with van der Waals surface area (Å²) in [6.07, 6.45) is 1.25. The van der Waals surface area contributed by atoms with E-state index in [9.17, 15) is 9.59 Å². The molecule has 1 heterocycles. The van der Waals surface area contributed by atoms with Gasteiger partial charge in [-0.25, -0.2) is 10.4 Å². The van der Waals surface area contributed by atoms with Crippen molar-refractivity contribution in [3.8, 4) is 11.5 Å². The van der Waals surface area contributed by atoms with E-state index in [-0.39, 0.29) is 11.6 Å². The number of carboxylic acid groups (broad SMARTS) is 1. The third-order valence-corrected chi connectivity index (χ3v) is 3.97. The second kappa shape index (κ2) is 7.63. The van der Waals surface area contributed by atoms with Crippen LogP contribution in [0.5, 0.6) is 11.5 Å². The van der Waals surface area contributed by atoms with Crippen molar-refractivity contribution in [3.05, 3.63) is 23.8 Å². The van der Waals surface area contributed by atoms with Crippen molar-refractivity contribution in [3.63, 3.8) is 0 Å². The molecular weight excluding hydrogens is 322 g/mol. The van der Waals surface area contributed by atoms with Crippen LogP contribution in [0.4, 0.5) is 0 Å². The lowest BCUT2D eigenvalue weighted by atomic mass is 10.2. The summed E-state index contributed by atoms with van der Waals surface area (Å²) in [5, 5.41) is 12.1. The van der Waals surface area contributed by atoms with E-state index in [0.717, 1.165) is 17.3 Å². The van der Waals surface area contributed by atoms with Crippen molar-refractivity contribution in [1.29, 1.82) is 0 Å². The second-order valence-corrected chi connectivity index (χ2v) is 5.62. The number of hydrazone groups is 1. The quantitative estimate of drug-likeness (QED) is 0.779. The molecule has 0 radical (unpaired) electrons. The summed E-state index contributed by atoms with van der Waals surface area (Å²) in [7, 11) is 3.08. The summed E-state index contributed by atoms with van der Waals surface area (Å²) < 4.78 is 10.3. The fourth-order valence-electron chi connectivity index (χ4n) is 1.80. The molecule has 0 fully saturated rings. The summed E-state index contributed by atoms with van der Waals surface area (Å²) in [5.41, 5.74) is 3.02. The molecule has 1 atom stereocenters. The number of amides is 1. The van der Waals surface area contributed by atoms with E-state index < -0.39 is 17.1 Å². The third kappa shape index (κ3) is 4.46. The minimum absolute atomic E-state index is 0.283. The number of aliphatic imine (C=N–C) groups is 1. The van der Waals surface area contributed by atoms with E-state index >= 15 is 0 Å². The molecule has 122 valence electrons. The fraction of sp³-hybridized carbons (Fsp3) is 0.286. The van der Waals surface area contributed by atoms with Gasteiger partial charge in [0.15, 0.2) is 11.5 Å². The van der Waals surface area contributed by atoms with Gasteiger partial charge in [0, 0.05) is 6.21 Å². The van der Waals surface area contributed by atoms with Gasteiger partial charge in [0.2, 0.25) is 5.17 Å². The van der Waals surface area contributed by atoms with Gasteiger partial charge in [-0.15, -0.1) is 5.10 Å². The number of benzene rings is 1. The number of rotatable bonds is 5. The lowest BCUT2D eigenvalue weighted by molar-refractivity contribution is -0.138. The van der Waals surface area contributed by atoms with Crippen molar-refractivity contribution in [2.45, 2.75) is 11.7 Å². The smallest absolute Gasteiger partial charge is 0.305 e. The summed E-state index contributed by atoms with van der Waals surface area (Å²) in [5.74, 6) is -0.334. The van der Waals surface area contributed by atoms with Crippen molar-refractivity contribution in [2.24, 2.45) is 10.1 Å². The molecule has 1 aliphatic rings. The summed E-state index contributed by atoms with van der Waals surface area (Å²) in [4.78, 5) is 26.4. The molecule has 1 amide bonds. The van der Waals surface area contributed by atoms with Crippen LogP contribution >= 0.6 is 11.8 Å². The molecule has 0 saturated heterocycles. The van der Waals surface area contributed by atoms with Crippen LogP contribution in [0.3, 0.4) is 0 Å². The van der Waals surface area contributed by atoms with Crippen LogP contribution in [-0.2, 0) is 9.59 Å². The van der Waals surface area contributed by atoms with Crippen molar-refractivity contribution in [1.82, 2.24) is 5.43 Å². The SMILES string of the molecule is COc1ccc(C=NC2=NNC(=O)[C@@H](CC(=O)O)S2)cc1OC. The summed E-state index contributed by atoms with van der Waals surface area (Å²) in [6, 6.07) is 5.26. The van der Waals surface area contributed by atoms with Crippen molar-refractivity contribution >= 4 is 35.0 Å². The van der Waals surface area contributed by atoms with Gasteiger partial charge in [-0.05, 0) is 23.8 Å². The van der Waals surface area contributed by atoms with Crippen molar-refractivity contribution in [2.75, 3.05) is 14.2 Å². The van der Waals surface area contributed by atoms with E-state index in [1.54, 1.807) is 31.5 Å². The maximum Gasteiger partial charge on any atom is 0.305 e. The van der Waals surface area contributed by atoms with Gasteiger partial charge in [-0.3, -0.25) is 9.59 Å². The van der Waals surface area contributed by atoms with Gasteiger partial charge >= 0.3 is 5.97 Å². The lowest BCUT2D eigenvalue weighted by Crippen LogP contribution is -2.35. The number of hydrogen-bond acceptors (Lipinski definition) is 7. The zero-order valence-electron chi connectivity index (χ0n) is 12.5. The number of nitrogens with one attached hydrogen (secondary N) is 1. The van der Waals surface area contributed by atoms with Crippen LogP contribution in [0.2, 0.25) is 0 Å². The number of hydrogen-bond donors (Lipinski definition) is 2. The first kappa shape index (κ1) is 16.8. The molecule has 0 bridgehead atoms. The Morgan fingerprint density at radius 3 is 2.83 bits per heavy atom. The molecule has 2 N–H and O–H groups in total. The Labute approximate surface area is 136 Å². The Bertz CT molecular complexity index is 674. The highest BCUT2D eigenvalue weighted by molar-refractivity contribution is 8.15. The molecule has 0 spiro atoms. The minimum atomic E-state index is -1.05. The number of carbonyl (C=O) groups is 2. The van der Waals surface area contributed by atoms with Gasteiger partial charge in [-0.1, -0.05) is 11.8 Å². The summed E-state index contributed by atoms with van der Waals surface area (Å²) >= 11 is 1.01. The first-order valence-electron chi connectivity index (χ1n) is 6.55. The topological polar surface area (TPSA) is 110 Å². The highest BCUT2D eigenvalue weighted by Crippen LogP contribution is 2.27. The molecule has 9 heteroatoms. The second-order valence-electron chi connectivity index (χ2n) is 4.45. The highest BCUT2D eigenvalue weighted by Gasteiger charge is 2.27. The number of methoxy groups -OCH3 is 2. The molecule has 0 unspecified atom stereocenters. The van der Waals surface area contributed by atoms with E-state index in [1.165, 1.54) is 7.11 Å². The van der Waals surface area contributed by atoms with E-state index in [2.05, 4.69) is 15.5 Å². The first-order valence-corrected chi connectivity index (χ1v) is 7.43. The van der Waals surface area contributed by atoms with E-state index in [0.29, 0.717) is 11.5 Å². The number of nitrogens with zero attached hydrogens (tertiary/aromatic N) is 2. The molecule has 23 heavy (non-hydrogen) atoms. The van der Waals surface area contributed by atoms with Crippen LogP contribution < -0.4 is 14.9 Å².